The Hall–Kier alpha value is -1.65. The van der Waals surface area contributed by atoms with E-state index in [9.17, 15) is 9.59 Å². The summed E-state index contributed by atoms with van der Waals surface area (Å²) in [6.07, 6.45) is 1.77. The molecular formula is C11H14N2O3. The molecule has 0 spiro atoms. The van der Waals surface area contributed by atoms with E-state index in [4.69, 9.17) is 5.11 Å². The molecule has 1 fully saturated rings. The van der Waals surface area contributed by atoms with Gasteiger partial charge in [-0.2, -0.15) is 0 Å². The second-order valence-corrected chi connectivity index (χ2v) is 4.61. The molecule has 2 rings (SSSR count). The van der Waals surface area contributed by atoms with Gasteiger partial charge in [0.2, 0.25) is 0 Å². The minimum absolute atomic E-state index is 0.00826. The van der Waals surface area contributed by atoms with Crippen LogP contribution in [0.4, 0.5) is 0 Å². The number of carbonyl (C=O) groups is 1. The number of H-pyrrole nitrogens is 1. The zero-order valence-electron chi connectivity index (χ0n) is 9.33. The average Bonchev–Trinajstić information content (AvgIpc) is 2.91. The summed E-state index contributed by atoms with van der Waals surface area (Å²) >= 11 is 0. The summed E-state index contributed by atoms with van der Waals surface area (Å²) in [5.74, 6) is -0.329. The second kappa shape index (κ2) is 3.43. The van der Waals surface area contributed by atoms with Crippen LogP contribution in [0.3, 0.4) is 0 Å². The fourth-order valence-electron chi connectivity index (χ4n) is 1.68. The summed E-state index contributed by atoms with van der Waals surface area (Å²) in [6.45, 7) is 3.73. The van der Waals surface area contributed by atoms with E-state index in [0.717, 1.165) is 12.8 Å². The molecule has 0 unspecified atom stereocenters. The minimum atomic E-state index is -1.01. The quantitative estimate of drug-likeness (QED) is 0.790. The number of carboxylic acid groups (broad SMARTS) is 1. The first-order valence-corrected chi connectivity index (χ1v) is 5.24. The van der Waals surface area contributed by atoms with Gasteiger partial charge >= 0.3 is 5.97 Å². The van der Waals surface area contributed by atoms with Gasteiger partial charge in [-0.05, 0) is 19.8 Å². The van der Waals surface area contributed by atoms with Crippen molar-refractivity contribution in [2.24, 2.45) is 0 Å². The minimum Gasteiger partial charge on any atom is -0.481 e. The van der Waals surface area contributed by atoms with Crippen molar-refractivity contribution in [1.29, 1.82) is 0 Å². The maximum Gasteiger partial charge on any atom is 0.308 e. The summed E-state index contributed by atoms with van der Waals surface area (Å²) in [7, 11) is 0. The van der Waals surface area contributed by atoms with Crippen LogP contribution in [0.2, 0.25) is 0 Å². The van der Waals surface area contributed by atoms with Gasteiger partial charge in [-0.3, -0.25) is 9.59 Å². The van der Waals surface area contributed by atoms with E-state index in [1.165, 1.54) is 0 Å². The van der Waals surface area contributed by atoms with Gasteiger partial charge in [0.1, 0.15) is 5.82 Å². The number of rotatable bonds is 3. The molecule has 0 atom stereocenters. The maximum absolute atomic E-state index is 11.7. The molecule has 0 aliphatic heterocycles. The largest absolute Gasteiger partial charge is 0.481 e. The fraction of sp³-hybridized carbons (Fsp3) is 0.545. The summed E-state index contributed by atoms with van der Waals surface area (Å²) < 4.78 is 0. The molecule has 1 aromatic heterocycles. The Morgan fingerprint density at radius 1 is 1.56 bits per heavy atom. The monoisotopic (exact) mass is 222 g/mol. The SMILES string of the molecule is Cc1nc(C2(C)CC2)[nH]c(=O)c1CC(=O)O. The molecule has 0 amide bonds. The average molecular weight is 222 g/mol. The van der Waals surface area contributed by atoms with Gasteiger partial charge in [0.15, 0.2) is 0 Å². The van der Waals surface area contributed by atoms with Crippen LogP contribution >= 0.6 is 0 Å². The number of hydrogen-bond acceptors (Lipinski definition) is 3. The van der Waals surface area contributed by atoms with Crippen LogP contribution in [0.25, 0.3) is 0 Å². The van der Waals surface area contributed by atoms with E-state index in [1.54, 1.807) is 6.92 Å². The number of aryl methyl sites for hydroxylation is 1. The van der Waals surface area contributed by atoms with E-state index in [-0.39, 0.29) is 23.0 Å². The summed E-state index contributed by atoms with van der Waals surface area (Å²) in [5, 5.41) is 8.68. The molecule has 5 heteroatoms. The third-order valence-corrected chi connectivity index (χ3v) is 3.12. The first kappa shape index (κ1) is 10.9. The van der Waals surface area contributed by atoms with Crippen LogP contribution in [0.15, 0.2) is 4.79 Å². The summed E-state index contributed by atoms with van der Waals surface area (Å²) in [6, 6.07) is 0. The zero-order valence-corrected chi connectivity index (χ0v) is 9.33. The van der Waals surface area contributed by atoms with Gasteiger partial charge in [0, 0.05) is 16.7 Å². The van der Waals surface area contributed by atoms with Crippen LogP contribution in [0.5, 0.6) is 0 Å². The van der Waals surface area contributed by atoms with Gasteiger partial charge in [-0.15, -0.1) is 0 Å². The Morgan fingerprint density at radius 2 is 2.19 bits per heavy atom. The van der Waals surface area contributed by atoms with E-state index in [0.29, 0.717) is 11.5 Å². The molecule has 1 heterocycles. The highest BCUT2D eigenvalue weighted by molar-refractivity contribution is 5.70. The molecule has 1 saturated carbocycles. The Balaban J connectivity index is 2.43. The second-order valence-electron chi connectivity index (χ2n) is 4.61. The number of aromatic amines is 1. The smallest absolute Gasteiger partial charge is 0.308 e. The topological polar surface area (TPSA) is 83.0 Å². The van der Waals surface area contributed by atoms with Crippen LogP contribution in [-0.4, -0.2) is 21.0 Å². The van der Waals surface area contributed by atoms with Crippen LogP contribution in [-0.2, 0) is 16.6 Å². The van der Waals surface area contributed by atoms with Crippen LogP contribution < -0.4 is 5.56 Å². The number of aliphatic carboxylic acids is 1. The van der Waals surface area contributed by atoms with Crippen molar-refractivity contribution in [2.75, 3.05) is 0 Å². The number of nitrogens with one attached hydrogen (secondary N) is 1. The van der Waals surface area contributed by atoms with Gasteiger partial charge in [-0.1, -0.05) is 6.92 Å². The zero-order chi connectivity index (χ0) is 11.9. The highest BCUT2D eigenvalue weighted by atomic mass is 16.4. The summed E-state index contributed by atoms with van der Waals surface area (Å²) in [4.78, 5) is 29.3. The Bertz CT molecular complexity index is 500. The van der Waals surface area contributed by atoms with Crippen molar-refractivity contribution < 1.29 is 9.90 Å². The lowest BCUT2D eigenvalue weighted by molar-refractivity contribution is -0.136. The van der Waals surface area contributed by atoms with E-state index in [1.807, 2.05) is 6.92 Å². The lowest BCUT2D eigenvalue weighted by atomic mass is 10.1. The predicted molar refractivity (Wildman–Crippen MR) is 57.5 cm³/mol. The highest BCUT2D eigenvalue weighted by Gasteiger charge is 2.41. The van der Waals surface area contributed by atoms with Crippen molar-refractivity contribution in [3.05, 3.63) is 27.4 Å². The van der Waals surface area contributed by atoms with Crippen molar-refractivity contribution >= 4 is 5.97 Å². The molecule has 86 valence electrons. The van der Waals surface area contributed by atoms with Gasteiger partial charge in [0.25, 0.3) is 5.56 Å². The summed E-state index contributed by atoms with van der Waals surface area (Å²) in [5.41, 5.74) is 0.443. The molecule has 1 aliphatic rings. The third kappa shape index (κ3) is 1.85. The molecule has 1 aliphatic carbocycles. The Morgan fingerprint density at radius 3 is 2.62 bits per heavy atom. The normalized spacial score (nSPS) is 17.1. The van der Waals surface area contributed by atoms with Crippen molar-refractivity contribution in [2.45, 2.75) is 38.5 Å². The number of carboxylic acids is 1. The van der Waals surface area contributed by atoms with Crippen molar-refractivity contribution in [3.8, 4) is 0 Å². The van der Waals surface area contributed by atoms with Gasteiger partial charge in [-0.25, -0.2) is 4.98 Å². The van der Waals surface area contributed by atoms with Gasteiger partial charge < -0.3 is 10.1 Å². The molecule has 0 bridgehead atoms. The number of hydrogen-bond donors (Lipinski definition) is 2. The first-order valence-electron chi connectivity index (χ1n) is 5.24. The molecule has 0 aromatic carbocycles. The lowest BCUT2D eigenvalue weighted by Gasteiger charge is -2.10. The highest BCUT2D eigenvalue weighted by Crippen LogP contribution is 2.45. The predicted octanol–water partition coefficient (Wildman–Crippen LogP) is 0.757. The van der Waals surface area contributed by atoms with Crippen molar-refractivity contribution in [3.63, 3.8) is 0 Å². The fourth-order valence-corrected chi connectivity index (χ4v) is 1.68. The Labute approximate surface area is 92.5 Å². The number of aromatic nitrogens is 2. The Kier molecular flexibility index (Phi) is 2.33. The molecule has 0 saturated heterocycles. The molecule has 2 N–H and O–H groups in total. The third-order valence-electron chi connectivity index (χ3n) is 3.12. The van der Waals surface area contributed by atoms with Crippen LogP contribution in [0, 0.1) is 6.92 Å². The number of nitrogens with zero attached hydrogens (tertiary/aromatic N) is 1. The maximum atomic E-state index is 11.7. The molecular weight excluding hydrogens is 208 g/mol. The van der Waals surface area contributed by atoms with E-state index < -0.39 is 5.97 Å². The van der Waals surface area contributed by atoms with Crippen LogP contribution in [0.1, 0.15) is 36.8 Å². The van der Waals surface area contributed by atoms with Gasteiger partial charge in [0.05, 0.1) is 6.42 Å². The molecule has 1 aromatic rings. The molecule has 16 heavy (non-hydrogen) atoms. The molecule has 0 radical (unpaired) electrons. The standard InChI is InChI=1S/C11H14N2O3/c1-6-7(5-8(14)15)9(16)13-10(12-6)11(2)3-4-11/h3-5H2,1-2H3,(H,14,15)(H,12,13,16). The molecule has 5 nitrogen and oxygen atoms in total. The van der Waals surface area contributed by atoms with E-state index in [2.05, 4.69) is 9.97 Å². The van der Waals surface area contributed by atoms with E-state index >= 15 is 0 Å². The lowest BCUT2D eigenvalue weighted by Crippen LogP contribution is -2.24. The first-order chi connectivity index (χ1) is 7.42. The van der Waals surface area contributed by atoms with Crippen molar-refractivity contribution in [1.82, 2.24) is 9.97 Å².